The lowest BCUT2D eigenvalue weighted by molar-refractivity contribution is 0.102. The van der Waals surface area contributed by atoms with Crippen LogP contribution in [-0.4, -0.2) is 18.0 Å². The summed E-state index contributed by atoms with van der Waals surface area (Å²) in [5, 5.41) is 5.81. The van der Waals surface area contributed by atoms with E-state index in [0.29, 0.717) is 49.6 Å². The first-order chi connectivity index (χ1) is 15.9. The Morgan fingerprint density at radius 1 is 1.06 bits per heavy atom. The van der Waals surface area contributed by atoms with Crippen molar-refractivity contribution in [3.05, 3.63) is 86.8 Å². The van der Waals surface area contributed by atoms with E-state index < -0.39 is 0 Å². The number of anilines is 1. The SMILES string of the molecule is COc1c(C(=O)Nc2ccc3oc(-c4cc(Cl)ccc4Cl)nc3c2)cc2ccccc2c1Br. The molecule has 164 valence electrons. The van der Waals surface area contributed by atoms with Crippen molar-refractivity contribution in [2.24, 2.45) is 0 Å². The van der Waals surface area contributed by atoms with Gasteiger partial charge in [-0.15, -0.1) is 0 Å². The van der Waals surface area contributed by atoms with Crippen LogP contribution in [0.4, 0.5) is 5.69 Å². The Labute approximate surface area is 207 Å². The second-order valence-corrected chi connectivity index (χ2v) is 8.91. The maximum absolute atomic E-state index is 13.1. The normalized spacial score (nSPS) is 11.2. The Kier molecular flexibility index (Phi) is 5.74. The molecule has 1 amide bonds. The van der Waals surface area contributed by atoms with Crippen LogP contribution < -0.4 is 10.1 Å². The lowest BCUT2D eigenvalue weighted by atomic mass is 10.1. The minimum absolute atomic E-state index is 0.306. The predicted octanol–water partition coefficient (Wildman–Crippen LogP) is 7.98. The van der Waals surface area contributed by atoms with Crippen LogP contribution in [0.15, 0.2) is 75.6 Å². The van der Waals surface area contributed by atoms with Crippen molar-refractivity contribution in [2.75, 3.05) is 12.4 Å². The Morgan fingerprint density at radius 3 is 2.70 bits per heavy atom. The van der Waals surface area contributed by atoms with Gasteiger partial charge < -0.3 is 14.5 Å². The van der Waals surface area contributed by atoms with Gasteiger partial charge in [0.1, 0.15) is 11.3 Å². The van der Waals surface area contributed by atoms with Gasteiger partial charge in [-0.3, -0.25) is 4.79 Å². The van der Waals surface area contributed by atoms with Crippen molar-refractivity contribution >= 4 is 72.6 Å². The Bertz CT molecular complexity index is 1550. The number of benzene rings is 4. The van der Waals surface area contributed by atoms with Gasteiger partial charge >= 0.3 is 0 Å². The first kappa shape index (κ1) is 21.8. The molecule has 0 aliphatic carbocycles. The fourth-order valence-electron chi connectivity index (χ4n) is 3.63. The number of aromatic nitrogens is 1. The van der Waals surface area contributed by atoms with Gasteiger partial charge in [0.15, 0.2) is 5.58 Å². The highest BCUT2D eigenvalue weighted by molar-refractivity contribution is 9.10. The summed E-state index contributed by atoms with van der Waals surface area (Å²) in [5.74, 6) is 0.506. The summed E-state index contributed by atoms with van der Waals surface area (Å²) in [6.45, 7) is 0. The first-order valence-corrected chi connectivity index (χ1v) is 11.4. The zero-order chi connectivity index (χ0) is 23.1. The topological polar surface area (TPSA) is 64.4 Å². The van der Waals surface area contributed by atoms with Crippen LogP contribution in [-0.2, 0) is 0 Å². The summed E-state index contributed by atoms with van der Waals surface area (Å²) < 4.78 is 12.1. The number of halogens is 3. The van der Waals surface area contributed by atoms with Gasteiger partial charge in [0, 0.05) is 10.7 Å². The number of fused-ring (bicyclic) bond motifs is 2. The molecule has 0 saturated carbocycles. The quantitative estimate of drug-likeness (QED) is 0.250. The Morgan fingerprint density at radius 2 is 1.88 bits per heavy atom. The van der Waals surface area contributed by atoms with Crippen LogP contribution >= 0.6 is 39.1 Å². The third kappa shape index (κ3) is 4.06. The van der Waals surface area contributed by atoms with Crippen molar-refractivity contribution in [2.45, 2.75) is 0 Å². The zero-order valence-corrected chi connectivity index (χ0v) is 20.3. The van der Waals surface area contributed by atoms with Crippen LogP contribution in [0.2, 0.25) is 10.0 Å². The molecule has 0 aliphatic heterocycles. The second-order valence-electron chi connectivity index (χ2n) is 7.27. The molecule has 0 saturated heterocycles. The van der Waals surface area contributed by atoms with Crippen molar-refractivity contribution in [1.29, 1.82) is 0 Å². The largest absolute Gasteiger partial charge is 0.495 e. The Balaban J connectivity index is 1.49. The van der Waals surface area contributed by atoms with Crippen molar-refractivity contribution in [1.82, 2.24) is 4.98 Å². The number of hydrogen-bond acceptors (Lipinski definition) is 4. The third-order valence-electron chi connectivity index (χ3n) is 5.19. The van der Waals surface area contributed by atoms with Gasteiger partial charge in [-0.1, -0.05) is 47.5 Å². The number of carbonyl (C=O) groups excluding carboxylic acids is 1. The molecule has 0 unspecified atom stereocenters. The standard InChI is InChI=1S/C25H15BrCl2N2O3/c1-32-23-18(10-13-4-2-3-5-16(13)22(23)26)24(31)29-15-7-9-21-20(12-15)30-25(33-21)17-11-14(27)6-8-19(17)28/h2-12H,1H3,(H,29,31). The Hall–Kier alpha value is -3.06. The fourth-order valence-corrected chi connectivity index (χ4v) is 4.74. The molecular weight excluding hydrogens is 527 g/mol. The monoisotopic (exact) mass is 540 g/mol. The summed E-state index contributed by atoms with van der Waals surface area (Å²) in [6.07, 6.45) is 0. The van der Waals surface area contributed by atoms with Crippen molar-refractivity contribution in [3.63, 3.8) is 0 Å². The summed E-state index contributed by atoms with van der Waals surface area (Å²) in [5.41, 5.74) is 2.71. The van der Waals surface area contributed by atoms with Gasteiger partial charge in [-0.2, -0.15) is 0 Å². The molecule has 0 spiro atoms. The van der Waals surface area contributed by atoms with Gasteiger partial charge in [0.05, 0.1) is 27.7 Å². The number of rotatable bonds is 4. The van der Waals surface area contributed by atoms with Crippen LogP contribution in [0.25, 0.3) is 33.3 Å². The molecule has 0 fully saturated rings. The predicted molar refractivity (Wildman–Crippen MR) is 136 cm³/mol. The van der Waals surface area contributed by atoms with Crippen LogP contribution in [0.3, 0.4) is 0 Å². The van der Waals surface area contributed by atoms with Crippen molar-refractivity contribution < 1.29 is 13.9 Å². The lowest BCUT2D eigenvalue weighted by Gasteiger charge is -2.13. The average molecular weight is 542 g/mol. The van der Waals surface area contributed by atoms with E-state index in [1.54, 1.807) is 36.4 Å². The zero-order valence-electron chi connectivity index (χ0n) is 17.2. The number of hydrogen-bond donors (Lipinski definition) is 1. The summed E-state index contributed by atoms with van der Waals surface area (Å²) in [7, 11) is 1.54. The summed E-state index contributed by atoms with van der Waals surface area (Å²) in [6, 6.07) is 19.9. The molecule has 5 nitrogen and oxygen atoms in total. The van der Waals surface area contributed by atoms with E-state index in [-0.39, 0.29) is 5.91 Å². The smallest absolute Gasteiger partial charge is 0.259 e. The molecule has 1 heterocycles. The molecule has 5 rings (SSSR count). The van der Waals surface area contributed by atoms with Crippen LogP contribution in [0, 0.1) is 0 Å². The highest BCUT2D eigenvalue weighted by atomic mass is 79.9. The molecule has 4 aromatic carbocycles. The maximum Gasteiger partial charge on any atom is 0.259 e. The summed E-state index contributed by atoms with van der Waals surface area (Å²) in [4.78, 5) is 17.7. The van der Waals surface area contributed by atoms with Crippen molar-refractivity contribution in [3.8, 4) is 17.2 Å². The van der Waals surface area contributed by atoms with E-state index in [4.69, 9.17) is 32.4 Å². The number of ether oxygens (including phenoxy) is 1. The number of carbonyl (C=O) groups is 1. The van der Waals surface area contributed by atoms with Crippen LogP contribution in [0.5, 0.6) is 5.75 Å². The number of nitrogens with one attached hydrogen (secondary N) is 1. The van der Waals surface area contributed by atoms with E-state index in [0.717, 1.165) is 15.2 Å². The second kappa shape index (κ2) is 8.71. The van der Waals surface area contributed by atoms with Gasteiger partial charge in [-0.25, -0.2) is 4.98 Å². The highest BCUT2D eigenvalue weighted by Gasteiger charge is 2.19. The van der Waals surface area contributed by atoms with Crippen LogP contribution in [0.1, 0.15) is 10.4 Å². The average Bonchev–Trinajstić information content (AvgIpc) is 3.23. The molecule has 33 heavy (non-hydrogen) atoms. The van der Waals surface area contributed by atoms with E-state index in [9.17, 15) is 4.79 Å². The maximum atomic E-state index is 13.1. The van der Waals surface area contributed by atoms with Gasteiger partial charge in [0.2, 0.25) is 5.89 Å². The van der Waals surface area contributed by atoms with E-state index in [1.165, 1.54) is 7.11 Å². The molecule has 0 radical (unpaired) electrons. The minimum Gasteiger partial charge on any atom is -0.495 e. The highest BCUT2D eigenvalue weighted by Crippen LogP contribution is 2.37. The lowest BCUT2D eigenvalue weighted by Crippen LogP contribution is -2.13. The molecule has 1 N–H and O–H groups in total. The molecule has 0 aliphatic rings. The molecule has 5 aromatic rings. The van der Waals surface area contributed by atoms with E-state index >= 15 is 0 Å². The molecular formula is C25H15BrCl2N2O3. The molecule has 0 bridgehead atoms. The number of oxazole rings is 1. The molecule has 8 heteroatoms. The third-order valence-corrected chi connectivity index (χ3v) is 6.55. The number of methoxy groups -OCH3 is 1. The number of nitrogens with zero attached hydrogens (tertiary/aromatic N) is 1. The minimum atomic E-state index is -0.306. The molecule has 0 atom stereocenters. The number of amides is 1. The summed E-state index contributed by atoms with van der Waals surface area (Å²) >= 11 is 15.9. The van der Waals surface area contributed by atoms with Gasteiger partial charge in [0.25, 0.3) is 5.91 Å². The van der Waals surface area contributed by atoms with E-state index in [2.05, 4.69) is 26.2 Å². The van der Waals surface area contributed by atoms with E-state index in [1.807, 2.05) is 30.3 Å². The van der Waals surface area contributed by atoms with Gasteiger partial charge in [-0.05, 0) is 69.2 Å². The fraction of sp³-hybridized carbons (Fsp3) is 0.0400. The first-order valence-electron chi connectivity index (χ1n) is 9.87. The molecule has 1 aromatic heterocycles.